The Hall–Kier alpha value is -1.36. The van der Waals surface area contributed by atoms with Crippen LogP contribution < -0.4 is 5.73 Å². The lowest BCUT2D eigenvalue weighted by molar-refractivity contribution is -0.138. The van der Waals surface area contributed by atoms with Crippen molar-refractivity contribution < 1.29 is 9.53 Å². The molecule has 0 bridgehead atoms. The number of esters is 1. The van der Waals surface area contributed by atoms with Crippen molar-refractivity contribution in [2.45, 2.75) is 26.7 Å². The highest BCUT2D eigenvalue weighted by molar-refractivity contribution is 7.09. The Morgan fingerprint density at radius 3 is 2.88 bits per heavy atom. The number of hydrogen-bond acceptors (Lipinski definition) is 5. The molecule has 0 atom stereocenters. The summed E-state index contributed by atoms with van der Waals surface area (Å²) in [6.45, 7) is 6.20. The molecular weight excluding hydrogens is 224 g/mol. The van der Waals surface area contributed by atoms with Crippen LogP contribution in [0.1, 0.15) is 37.4 Å². The molecular formula is C11H16N2O2S. The number of aromatic nitrogens is 1. The summed E-state index contributed by atoms with van der Waals surface area (Å²) in [6, 6.07) is 0. The van der Waals surface area contributed by atoms with Gasteiger partial charge in [-0.15, -0.1) is 11.3 Å². The third-order valence-corrected chi connectivity index (χ3v) is 3.01. The van der Waals surface area contributed by atoms with Gasteiger partial charge in [0.05, 0.1) is 17.3 Å². The van der Waals surface area contributed by atoms with Gasteiger partial charge < -0.3 is 10.5 Å². The maximum Gasteiger partial charge on any atom is 0.354 e. The van der Waals surface area contributed by atoms with Crippen LogP contribution in [0.2, 0.25) is 0 Å². The third kappa shape index (κ3) is 3.34. The molecule has 2 N–H and O–H groups in total. The van der Waals surface area contributed by atoms with Gasteiger partial charge in [0.2, 0.25) is 0 Å². The van der Waals surface area contributed by atoms with E-state index in [4.69, 9.17) is 10.5 Å². The van der Waals surface area contributed by atoms with Gasteiger partial charge in [0.1, 0.15) is 5.70 Å². The second kappa shape index (κ2) is 5.65. The maximum absolute atomic E-state index is 11.2. The SMILES string of the molecule is CCOC(=O)/C(N)=C/c1csc(C(C)C)n1. The Balaban J connectivity index is 2.77. The lowest BCUT2D eigenvalue weighted by atomic mass is 10.2. The average Bonchev–Trinajstić information content (AvgIpc) is 2.66. The van der Waals surface area contributed by atoms with E-state index < -0.39 is 5.97 Å². The van der Waals surface area contributed by atoms with E-state index in [9.17, 15) is 4.79 Å². The van der Waals surface area contributed by atoms with E-state index in [0.717, 1.165) is 5.01 Å². The largest absolute Gasteiger partial charge is 0.461 e. The van der Waals surface area contributed by atoms with Crippen molar-refractivity contribution in [3.63, 3.8) is 0 Å². The summed E-state index contributed by atoms with van der Waals surface area (Å²) in [4.78, 5) is 15.6. The van der Waals surface area contributed by atoms with E-state index in [0.29, 0.717) is 18.2 Å². The van der Waals surface area contributed by atoms with Crippen LogP contribution in [0.15, 0.2) is 11.1 Å². The lowest BCUT2D eigenvalue weighted by Crippen LogP contribution is -2.14. The Bertz CT molecular complexity index is 396. The molecule has 5 heteroatoms. The minimum Gasteiger partial charge on any atom is -0.461 e. The molecule has 1 aromatic heterocycles. The summed E-state index contributed by atoms with van der Waals surface area (Å²) in [5.74, 6) is -0.113. The summed E-state index contributed by atoms with van der Waals surface area (Å²) in [7, 11) is 0. The number of nitrogens with zero attached hydrogens (tertiary/aromatic N) is 1. The molecule has 1 heterocycles. The quantitative estimate of drug-likeness (QED) is 0.646. The normalized spacial score (nSPS) is 11.9. The van der Waals surface area contributed by atoms with E-state index >= 15 is 0 Å². The maximum atomic E-state index is 11.2. The van der Waals surface area contributed by atoms with Crippen molar-refractivity contribution >= 4 is 23.4 Å². The first-order valence-electron chi connectivity index (χ1n) is 5.14. The highest BCUT2D eigenvalue weighted by atomic mass is 32.1. The van der Waals surface area contributed by atoms with E-state index in [-0.39, 0.29) is 5.70 Å². The smallest absolute Gasteiger partial charge is 0.354 e. The number of nitrogens with two attached hydrogens (primary N) is 1. The first-order chi connectivity index (χ1) is 7.54. The topological polar surface area (TPSA) is 65.2 Å². The highest BCUT2D eigenvalue weighted by Gasteiger charge is 2.08. The number of ether oxygens (including phenoxy) is 1. The predicted molar refractivity (Wildman–Crippen MR) is 65.0 cm³/mol. The number of carbonyl (C=O) groups excluding carboxylic acids is 1. The molecule has 0 radical (unpaired) electrons. The van der Waals surface area contributed by atoms with Crippen LogP contribution in [-0.2, 0) is 9.53 Å². The molecule has 0 unspecified atom stereocenters. The molecule has 0 fully saturated rings. The molecule has 0 aromatic carbocycles. The van der Waals surface area contributed by atoms with E-state index in [1.54, 1.807) is 24.3 Å². The van der Waals surface area contributed by atoms with Crippen LogP contribution in [0.25, 0.3) is 6.08 Å². The number of hydrogen-bond donors (Lipinski definition) is 1. The Labute approximate surface area is 99.1 Å². The molecule has 0 amide bonds. The van der Waals surface area contributed by atoms with Crippen molar-refractivity contribution in [2.24, 2.45) is 5.73 Å². The summed E-state index contributed by atoms with van der Waals surface area (Å²) in [6.07, 6.45) is 1.54. The Morgan fingerprint density at radius 1 is 1.69 bits per heavy atom. The van der Waals surface area contributed by atoms with Gasteiger partial charge in [-0.05, 0) is 13.0 Å². The molecule has 0 saturated carbocycles. The first kappa shape index (κ1) is 12.7. The molecule has 0 aliphatic rings. The fraction of sp³-hybridized carbons (Fsp3) is 0.455. The number of rotatable bonds is 4. The number of carbonyl (C=O) groups is 1. The molecule has 1 rings (SSSR count). The molecule has 1 aromatic rings. The van der Waals surface area contributed by atoms with Crippen LogP contribution in [0.4, 0.5) is 0 Å². The molecule has 0 saturated heterocycles. The molecule has 0 spiro atoms. The first-order valence-corrected chi connectivity index (χ1v) is 6.02. The number of thiazole rings is 1. The van der Waals surface area contributed by atoms with Crippen LogP contribution >= 0.6 is 11.3 Å². The minimum absolute atomic E-state index is 0.0856. The van der Waals surface area contributed by atoms with Gasteiger partial charge in [0, 0.05) is 11.3 Å². The van der Waals surface area contributed by atoms with Crippen molar-refractivity contribution in [3.05, 3.63) is 21.8 Å². The van der Waals surface area contributed by atoms with Crippen molar-refractivity contribution in [2.75, 3.05) is 6.61 Å². The van der Waals surface area contributed by atoms with Crippen molar-refractivity contribution in [1.82, 2.24) is 4.98 Å². The average molecular weight is 240 g/mol. The van der Waals surface area contributed by atoms with Crippen molar-refractivity contribution in [3.8, 4) is 0 Å². The molecule has 0 aliphatic carbocycles. The second-order valence-corrected chi connectivity index (χ2v) is 4.48. The van der Waals surface area contributed by atoms with Gasteiger partial charge in [-0.3, -0.25) is 0 Å². The zero-order valence-corrected chi connectivity index (χ0v) is 10.5. The highest BCUT2D eigenvalue weighted by Crippen LogP contribution is 2.20. The fourth-order valence-electron chi connectivity index (χ4n) is 1.06. The minimum atomic E-state index is -0.499. The Kier molecular flexibility index (Phi) is 4.49. The zero-order chi connectivity index (χ0) is 12.1. The summed E-state index contributed by atoms with van der Waals surface area (Å²) in [5, 5.41) is 2.91. The van der Waals surface area contributed by atoms with E-state index in [1.165, 1.54) is 0 Å². The lowest BCUT2D eigenvalue weighted by Gasteiger charge is -2.00. The summed E-state index contributed by atoms with van der Waals surface area (Å²) >= 11 is 1.56. The molecule has 16 heavy (non-hydrogen) atoms. The van der Waals surface area contributed by atoms with Gasteiger partial charge in [0.15, 0.2) is 0 Å². The monoisotopic (exact) mass is 240 g/mol. The van der Waals surface area contributed by atoms with Gasteiger partial charge in [-0.2, -0.15) is 0 Å². The zero-order valence-electron chi connectivity index (χ0n) is 9.69. The summed E-state index contributed by atoms with van der Waals surface area (Å²) in [5.41, 5.74) is 6.37. The van der Waals surface area contributed by atoms with Crippen LogP contribution in [0, 0.1) is 0 Å². The molecule has 88 valence electrons. The van der Waals surface area contributed by atoms with Crippen LogP contribution in [-0.4, -0.2) is 17.6 Å². The second-order valence-electron chi connectivity index (χ2n) is 3.59. The van der Waals surface area contributed by atoms with Gasteiger partial charge >= 0.3 is 5.97 Å². The van der Waals surface area contributed by atoms with Gasteiger partial charge in [-0.25, -0.2) is 9.78 Å². The summed E-state index contributed by atoms with van der Waals surface area (Å²) < 4.78 is 4.77. The van der Waals surface area contributed by atoms with Crippen molar-refractivity contribution in [1.29, 1.82) is 0 Å². The molecule has 0 aliphatic heterocycles. The van der Waals surface area contributed by atoms with Crippen LogP contribution in [0.5, 0.6) is 0 Å². The molecule has 4 nitrogen and oxygen atoms in total. The predicted octanol–water partition coefficient (Wildman–Crippen LogP) is 2.13. The van der Waals surface area contributed by atoms with Crippen LogP contribution in [0.3, 0.4) is 0 Å². The fourth-order valence-corrected chi connectivity index (χ4v) is 1.86. The standard InChI is InChI=1S/C11H16N2O2S/c1-4-15-11(14)9(12)5-8-6-16-10(13-8)7(2)3/h5-7H,4,12H2,1-3H3/b9-5-. The van der Waals surface area contributed by atoms with E-state index in [2.05, 4.69) is 18.8 Å². The third-order valence-electron chi connectivity index (χ3n) is 1.85. The Morgan fingerprint density at radius 2 is 2.38 bits per heavy atom. The van der Waals surface area contributed by atoms with Gasteiger partial charge in [-0.1, -0.05) is 13.8 Å². The van der Waals surface area contributed by atoms with E-state index in [1.807, 2.05) is 5.38 Å². The van der Waals surface area contributed by atoms with Gasteiger partial charge in [0.25, 0.3) is 0 Å².